The Kier molecular flexibility index (Phi) is 5.54. The second-order valence-electron chi connectivity index (χ2n) is 5.30. The number of hydrogen-bond acceptors (Lipinski definition) is 5. The number of nitrogens with zero attached hydrogens (tertiary/aromatic N) is 1. The average molecular weight is 353 g/mol. The van der Waals surface area contributed by atoms with Crippen LogP contribution in [0, 0.1) is 0 Å². The van der Waals surface area contributed by atoms with Crippen molar-refractivity contribution in [3.05, 3.63) is 29.8 Å². The molecule has 1 aromatic carbocycles. The molecular formula is C15H22GeNO4. The minimum atomic E-state index is -2.25. The van der Waals surface area contributed by atoms with Crippen LogP contribution in [0.3, 0.4) is 0 Å². The first-order valence-electron chi connectivity index (χ1n) is 7.57. The van der Waals surface area contributed by atoms with E-state index in [9.17, 15) is 0 Å². The van der Waals surface area contributed by atoms with E-state index in [0.29, 0.717) is 6.61 Å². The minimum absolute atomic E-state index is 0.0338. The zero-order valence-electron chi connectivity index (χ0n) is 12.4. The third-order valence-electron chi connectivity index (χ3n) is 3.75. The molecule has 3 aliphatic heterocycles. The van der Waals surface area contributed by atoms with Gasteiger partial charge in [-0.15, -0.1) is 0 Å². The van der Waals surface area contributed by atoms with Crippen molar-refractivity contribution in [1.82, 2.24) is 4.90 Å². The third kappa shape index (κ3) is 4.43. The summed E-state index contributed by atoms with van der Waals surface area (Å²) in [6, 6.07) is 8.26. The molecule has 1 atom stereocenters. The van der Waals surface area contributed by atoms with Crippen LogP contribution >= 0.6 is 0 Å². The summed E-state index contributed by atoms with van der Waals surface area (Å²) in [6.07, 6.45) is 1.08. The van der Waals surface area contributed by atoms with Crippen LogP contribution in [0.25, 0.3) is 0 Å². The van der Waals surface area contributed by atoms with Crippen LogP contribution in [0.1, 0.15) is 12.5 Å². The normalized spacial score (nSPS) is 26.9. The van der Waals surface area contributed by atoms with Gasteiger partial charge in [0, 0.05) is 0 Å². The van der Waals surface area contributed by atoms with Crippen LogP contribution in [0.5, 0.6) is 5.75 Å². The summed E-state index contributed by atoms with van der Waals surface area (Å²) in [5.74, 6) is 0.893. The Morgan fingerprint density at radius 1 is 1.19 bits per heavy atom. The van der Waals surface area contributed by atoms with Crippen LogP contribution in [0.4, 0.5) is 0 Å². The third-order valence-corrected chi connectivity index (χ3v) is 6.70. The number of rotatable bonds is 4. The molecule has 1 radical (unpaired) electrons. The fourth-order valence-corrected chi connectivity index (χ4v) is 4.89. The zero-order valence-corrected chi connectivity index (χ0v) is 14.5. The molecule has 6 heteroatoms. The van der Waals surface area contributed by atoms with Crippen molar-refractivity contribution < 1.29 is 16.0 Å². The van der Waals surface area contributed by atoms with Crippen LogP contribution in [0.15, 0.2) is 24.3 Å². The monoisotopic (exact) mass is 354 g/mol. The number of fused-ring (bicyclic) bond motifs is 6. The summed E-state index contributed by atoms with van der Waals surface area (Å²) < 4.78 is 23.2. The molecule has 1 aromatic rings. The van der Waals surface area contributed by atoms with Crippen LogP contribution < -0.4 is 4.74 Å². The fourth-order valence-electron chi connectivity index (χ4n) is 2.48. The maximum atomic E-state index is 5.98. The van der Waals surface area contributed by atoms with E-state index in [2.05, 4.69) is 24.0 Å². The Hall–Kier alpha value is -0.597. The van der Waals surface area contributed by atoms with Gasteiger partial charge in [-0.1, -0.05) is 0 Å². The standard InChI is InChI=1S/C15H22GeNO4/c1-2-13-3-5-14(6-4-13)18-12-15-11-17-7-9-19-16(21-15)20-10-8-17/h3-6,15H,2,7-12H2,1H3. The van der Waals surface area contributed by atoms with E-state index in [0.717, 1.165) is 45.0 Å². The van der Waals surface area contributed by atoms with Crippen LogP contribution in [0.2, 0.25) is 0 Å². The van der Waals surface area contributed by atoms with E-state index in [-0.39, 0.29) is 6.10 Å². The van der Waals surface area contributed by atoms with Gasteiger partial charge < -0.3 is 0 Å². The topological polar surface area (TPSA) is 40.2 Å². The van der Waals surface area contributed by atoms with Crippen molar-refractivity contribution in [1.29, 1.82) is 0 Å². The predicted molar refractivity (Wildman–Crippen MR) is 80.3 cm³/mol. The molecule has 1 unspecified atom stereocenters. The summed E-state index contributed by atoms with van der Waals surface area (Å²) in [4.78, 5) is 2.32. The van der Waals surface area contributed by atoms with Gasteiger partial charge >= 0.3 is 131 Å². The van der Waals surface area contributed by atoms with E-state index in [4.69, 9.17) is 16.0 Å². The molecule has 0 aromatic heterocycles. The molecule has 21 heavy (non-hydrogen) atoms. The van der Waals surface area contributed by atoms with Gasteiger partial charge in [-0.2, -0.15) is 0 Å². The molecule has 0 N–H and O–H groups in total. The fraction of sp³-hybridized carbons (Fsp3) is 0.600. The SMILES string of the molecule is CCc1ccc(OCC2CN3CC[O][Ge]([O]CC3)[O]2)cc1. The Morgan fingerprint density at radius 3 is 2.57 bits per heavy atom. The Morgan fingerprint density at radius 2 is 1.90 bits per heavy atom. The first-order chi connectivity index (χ1) is 10.3. The molecule has 2 bridgehead atoms. The number of benzene rings is 1. The van der Waals surface area contributed by atoms with Crippen molar-refractivity contribution in [2.24, 2.45) is 0 Å². The van der Waals surface area contributed by atoms with E-state index < -0.39 is 15.4 Å². The van der Waals surface area contributed by atoms with Gasteiger partial charge in [-0.3, -0.25) is 0 Å². The summed E-state index contributed by atoms with van der Waals surface area (Å²) in [5, 5.41) is 0. The van der Waals surface area contributed by atoms with Gasteiger partial charge in [0.1, 0.15) is 0 Å². The van der Waals surface area contributed by atoms with E-state index in [1.807, 2.05) is 12.1 Å². The van der Waals surface area contributed by atoms with E-state index in [1.54, 1.807) is 0 Å². The molecule has 4 rings (SSSR count). The maximum absolute atomic E-state index is 5.98. The molecule has 3 fully saturated rings. The van der Waals surface area contributed by atoms with Gasteiger partial charge in [0.05, 0.1) is 0 Å². The van der Waals surface area contributed by atoms with Gasteiger partial charge in [-0.05, 0) is 0 Å². The number of aryl methyl sites for hydroxylation is 1. The molecule has 3 heterocycles. The van der Waals surface area contributed by atoms with E-state index in [1.165, 1.54) is 5.56 Å². The predicted octanol–water partition coefficient (Wildman–Crippen LogP) is 1.36. The number of hydrogen-bond donors (Lipinski definition) is 0. The molecule has 3 saturated heterocycles. The zero-order chi connectivity index (χ0) is 14.5. The summed E-state index contributed by atoms with van der Waals surface area (Å²) in [6.45, 7) is 6.97. The molecule has 5 nitrogen and oxygen atoms in total. The van der Waals surface area contributed by atoms with Crippen molar-refractivity contribution >= 4 is 15.4 Å². The molecule has 115 valence electrons. The first kappa shape index (κ1) is 15.3. The van der Waals surface area contributed by atoms with Crippen molar-refractivity contribution in [2.45, 2.75) is 19.4 Å². The first-order valence-corrected chi connectivity index (χ1v) is 10.1. The van der Waals surface area contributed by atoms with Gasteiger partial charge in [-0.25, -0.2) is 0 Å². The molecule has 3 aliphatic rings. The van der Waals surface area contributed by atoms with Gasteiger partial charge in [0.25, 0.3) is 0 Å². The molecule has 0 aliphatic carbocycles. The van der Waals surface area contributed by atoms with Crippen molar-refractivity contribution in [3.8, 4) is 5.75 Å². The van der Waals surface area contributed by atoms with Crippen LogP contribution in [-0.4, -0.2) is 65.8 Å². The molecule has 0 saturated carbocycles. The quantitative estimate of drug-likeness (QED) is 0.765. The van der Waals surface area contributed by atoms with Gasteiger partial charge in [0.15, 0.2) is 0 Å². The van der Waals surface area contributed by atoms with Crippen molar-refractivity contribution in [2.75, 3.05) is 39.5 Å². The Balaban J connectivity index is 1.55. The summed E-state index contributed by atoms with van der Waals surface area (Å²) >= 11 is -2.25. The molecule has 0 spiro atoms. The molecular weight excluding hydrogens is 331 g/mol. The van der Waals surface area contributed by atoms with E-state index >= 15 is 0 Å². The van der Waals surface area contributed by atoms with Crippen molar-refractivity contribution in [3.63, 3.8) is 0 Å². The van der Waals surface area contributed by atoms with Gasteiger partial charge in [0.2, 0.25) is 0 Å². The second kappa shape index (κ2) is 7.60. The number of ether oxygens (including phenoxy) is 1. The molecule has 0 amide bonds. The second-order valence-corrected chi connectivity index (χ2v) is 8.05. The average Bonchev–Trinajstić information content (AvgIpc) is 2.45. The Bertz CT molecular complexity index is 418. The summed E-state index contributed by atoms with van der Waals surface area (Å²) in [7, 11) is 0. The Labute approximate surface area is 131 Å². The van der Waals surface area contributed by atoms with Crippen LogP contribution in [-0.2, 0) is 17.7 Å². The summed E-state index contributed by atoms with van der Waals surface area (Å²) in [5.41, 5.74) is 1.32.